The monoisotopic (exact) mass is 388 g/mol. The van der Waals surface area contributed by atoms with Crippen LogP contribution in [0.1, 0.15) is 18.4 Å². The fraction of sp³-hybridized carbons (Fsp3) is 0.333. The molecule has 1 aromatic carbocycles. The van der Waals surface area contributed by atoms with E-state index in [9.17, 15) is 19.7 Å². The number of carbonyl (C=O) groups excluding carboxylic acids is 2. The summed E-state index contributed by atoms with van der Waals surface area (Å²) >= 11 is 1.46. The van der Waals surface area contributed by atoms with Crippen molar-refractivity contribution in [2.24, 2.45) is 5.92 Å². The molecule has 3 rings (SSSR count). The minimum absolute atomic E-state index is 0.00411. The molecular formula is C18H20N4O4S. The number of amides is 3. The molecule has 2 aromatic rings. The van der Waals surface area contributed by atoms with E-state index in [1.165, 1.54) is 23.5 Å². The third-order valence-corrected chi connectivity index (χ3v) is 5.37. The highest BCUT2D eigenvalue weighted by atomic mass is 32.1. The summed E-state index contributed by atoms with van der Waals surface area (Å²) < 4.78 is 0. The van der Waals surface area contributed by atoms with Crippen LogP contribution in [0.25, 0.3) is 0 Å². The van der Waals surface area contributed by atoms with E-state index in [1.54, 1.807) is 17.9 Å². The van der Waals surface area contributed by atoms with Crippen molar-refractivity contribution in [3.05, 3.63) is 51.4 Å². The molecule has 0 radical (unpaired) electrons. The van der Waals surface area contributed by atoms with E-state index < -0.39 is 4.92 Å². The molecule has 142 valence electrons. The largest absolute Gasteiger partial charge is 0.326 e. The maximum Gasteiger partial charge on any atom is 0.322 e. The molecule has 1 aliphatic heterocycles. The Balaban J connectivity index is 1.52. The second kappa shape index (κ2) is 8.17. The molecule has 1 aliphatic rings. The summed E-state index contributed by atoms with van der Waals surface area (Å²) in [5.74, 6) is -0.310. The fourth-order valence-electron chi connectivity index (χ4n) is 3.02. The van der Waals surface area contributed by atoms with Gasteiger partial charge < -0.3 is 10.2 Å². The van der Waals surface area contributed by atoms with Gasteiger partial charge in [0.25, 0.3) is 5.69 Å². The van der Waals surface area contributed by atoms with E-state index >= 15 is 0 Å². The zero-order valence-electron chi connectivity index (χ0n) is 14.8. The van der Waals surface area contributed by atoms with E-state index in [4.69, 9.17) is 0 Å². The van der Waals surface area contributed by atoms with Gasteiger partial charge in [0.15, 0.2) is 0 Å². The molecule has 27 heavy (non-hydrogen) atoms. The number of hydrogen-bond acceptors (Lipinski definition) is 5. The molecule has 3 amide bonds. The Morgan fingerprint density at radius 2 is 1.96 bits per heavy atom. The Hall–Kier alpha value is -2.94. The van der Waals surface area contributed by atoms with Crippen LogP contribution in [0.5, 0.6) is 0 Å². The van der Waals surface area contributed by atoms with Crippen molar-refractivity contribution < 1.29 is 14.5 Å². The average Bonchev–Trinajstić information content (AvgIpc) is 3.16. The van der Waals surface area contributed by atoms with Crippen molar-refractivity contribution in [3.63, 3.8) is 0 Å². The third-order valence-electron chi connectivity index (χ3n) is 4.58. The average molecular weight is 388 g/mol. The van der Waals surface area contributed by atoms with Crippen molar-refractivity contribution >= 4 is 39.7 Å². The number of nitrogens with one attached hydrogen (secondary N) is 2. The fourth-order valence-corrected chi connectivity index (χ4v) is 3.62. The number of nitro groups is 1. The first-order valence-electron chi connectivity index (χ1n) is 8.59. The molecule has 8 nitrogen and oxygen atoms in total. The minimum Gasteiger partial charge on any atom is -0.326 e. The SMILES string of the molecule is Cc1cc([N+](=O)[O-])ccc1NC(=O)C1CCN(C(=O)Nc2cccs2)CC1. The van der Waals surface area contributed by atoms with Gasteiger partial charge in [0.2, 0.25) is 5.91 Å². The zero-order valence-corrected chi connectivity index (χ0v) is 15.6. The van der Waals surface area contributed by atoms with Crippen LogP contribution >= 0.6 is 11.3 Å². The molecule has 0 aliphatic carbocycles. The quantitative estimate of drug-likeness (QED) is 0.613. The second-order valence-corrected chi connectivity index (χ2v) is 7.36. The van der Waals surface area contributed by atoms with Crippen molar-refractivity contribution in [1.29, 1.82) is 0 Å². The topological polar surface area (TPSA) is 105 Å². The van der Waals surface area contributed by atoms with E-state index in [1.807, 2.05) is 17.5 Å². The van der Waals surface area contributed by atoms with Crippen molar-refractivity contribution in [3.8, 4) is 0 Å². The van der Waals surface area contributed by atoms with Crippen LogP contribution in [0.3, 0.4) is 0 Å². The lowest BCUT2D eigenvalue weighted by atomic mass is 9.96. The van der Waals surface area contributed by atoms with Gasteiger partial charge in [-0.1, -0.05) is 0 Å². The number of likely N-dealkylation sites (tertiary alicyclic amines) is 1. The first-order valence-corrected chi connectivity index (χ1v) is 9.47. The van der Waals surface area contributed by atoms with E-state index in [2.05, 4.69) is 10.6 Å². The van der Waals surface area contributed by atoms with Crippen LogP contribution in [0.2, 0.25) is 0 Å². The molecular weight excluding hydrogens is 368 g/mol. The summed E-state index contributed by atoms with van der Waals surface area (Å²) in [5.41, 5.74) is 1.21. The standard InChI is InChI=1S/C18H20N4O4S/c1-12-11-14(22(25)26)4-5-15(12)19-17(23)13-6-8-21(9-7-13)18(24)20-16-3-2-10-27-16/h2-5,10-11,13H,6-9H2,1H3,(H,19,23)(H,20,24). The van der Waals surface area contributed by atoms with Crippen LogP contribution < -0.4 is 10.6 Å². The number of carbonyl (C=O) groups is 2. The Bertz CT molecular complexity index is 845. The molecule has 2 heterocycles. The Labute approximate surface area is 160 Å². The summed E-state index contributed by atoms with van der Waals surface area (Å²) in [7, 11) is 0. The van der Waals surface area contributed by atoms with Crippen molar-refractivity contribution in [2.45, 2.75) is 19.8 Å². The number of piperidine rings is 1. The van der Waals surface area contributed by atoms with Gasteiger partial charge in [0, 0.05) is 36.8 Å². The first-order chi connectivity index (χ1) is 12.9. The van der Waals surface area contributed by atoms with Gasteiger partial charge in [0.1, 0.15) is 0 Å². The highest BCUT2D eigenvalue weighted by Crippen LogP contribution is 2.24. The van der Waals surface area contributed by atoms with Gasteiger partial charge >= 0.3 is 6.03 Å². The molecule has 1 aromatic heterocycles. The number of nitrogens with zero attached hydrogens (tertiary/aromatic N) is 2. The summed E-state index contributed by atoms with van der Waals surface area (Å²) in [6.45, 7) is 2.74. The second-order valence-electron chi connectivity index (χ2n) is 6.41. The van der Waals surface area contributed by atoms with Gasteiger partial charge in [-0.3, -0.25) is 20.2 Å². The number of urea groups is 1. The molecule has 0 bridgehead atoms. The summed E-state index contributed by atoms with van der Waals surface area (Å²) in [5, 5.41) is 19.2. The van der Waals surface area contributed by atoms with Crippen LogP contribution in [-0.4, -0.2) is 34.9 Å². The summed E-state index contributed by atoms with van der Waals surface area (Å²) in [6.07, 6.45) is 1.16. The number of benzene rings is 1. The minimum atomic E-state index is -0.463. The highest BCUT2D eigenvalue weighted by molar-refractivity contribution is 7.14. The van der Waals surface area contributed by atoms with Gasteiger partial charge in [-0.15, -0.1) is 11.3 Å². The Morgan fingerprint density at radius 3 is 2.56 bits per heavy atom. The number of nitro benzene ring substituents is 1. The number of thiophene rings is 1. The zero-order chi connectivity index (χ0) is 19.4. The molecule has 0 spiro atoms. The van der Waals surface area contributed by atoms with Gasteiger partial charge in [-0.25, -0.2) is 4.79 Å². The lowest BCUT2D eigenvalue weighted by Gasteiger charge is -2.31. The van der Waals surface area contributed by atoms with Crippen molar-refractivity contribution in [2.75, 3.05) is 23.7 Å². The molecule has 0 atom stereocenters. The molecule has 1 fully saturated rings. The van der Waals surface area contributed by atoms with E-state index in [0.717, 1.165) is 5.00 Å². The molecule has 0 saturated carbocycles. The number of hydrogen-bond donors (Lipinski definition) is 2. The van der Waals surface area contributed by atoms with E-state index in [0.29, 0.717) is 37.2 Å². The van der Waals surface area contributed by atoms with Crippen LogP contribution in [0, 0.1) is 23.0 Å². The number of rotatable bonds is 4. The van der Waals surface area contributed by atoms with Crippen LogP contribution in [-0.2, 0) is 4.79 Å². The van der Waals surface area contributed by atoms with Gasteiger partial charge in [0.05, 0.1) is 9.92 Å². The molecule has 1 saturated heterocycles. The molecule has 0 unspecified atom stereocenters. The lowest BCUT2D eigenvalue weighted by molar-refractivity contribution is -0.384. The van der Waals surface area contributed by atoms with Crippen LogP contribution in [0.15, 0.2) is 35.7 Å². The Kier molecular flexibility index (Phi) is 5.70. The first kappa shape index (κ1) is 18.8. The lowest BCUT2D eigenvalue weighted by Crippen LogP contribution is -2.43. The van der Waals surface area contributed by atoms with Crippen LogP contribution in [0.4, 0.5) is 21.2 Å². The third kappa shape index (κ3) is 4.62. The summed E-state index contributed by atoms with van der Waals surface area (Å²) in [6, 6.07) is 7.93. The predicted molar refractivity (Wildman–Crippen MR) is 104 cm³/mol. The maximum absolute atomic E-state index is 12.5. The van der Waals surface area contributed by atoms with E-state index in [-0.39, 0.29) is 23.5 Å². The summed E-state index contributed by atoms with van der Waals surface area (Å²) in [4.78, 5) is 36.8. The molecule has 9 heteroatoms. The highest BCUT2D eigenvalue weighted by Gasteiger charge is 2.28. The van der Waals surface area contributed by atoms with Gasteiger partial charge in [-0.2, -0.15) is 0 Å². The van der Waals surface area contributed by atoms with Gasteiger partial charge in [-0.05, 0) is 48.9 Å². The van der Waals surface area contributed by atoms with Crippen molar-refractivity contribution in [1.82, 2.24) is 4.90 Å². The smallest absolute Gasteiger partial charge is 0.322 e. The number of aryl methyl sites for hydroxylation is 1. The number of anilines is 2. The number of non-ortho nitro benzene ring substituents is 1. The predicted octanol–water partition coefficient (Wildman–Crippen LogP) is 3.85. The molecule has 2 N–H and O–H groups in total. The normalized spacial score (nSPS) is 14.6. The Morgan fingerprint density at radius 1 is 1.22 bits per heavy atom. The maximum atomic E-state index is 12.5.